The van der Waals surface area contributed by atoms with E-state index < -0.39 is 0 Å². The van der Waals surface area contributed by atoms with Crippen LogP contribution < -0.4 is 4.74 Å². The smallest absolute Gasteiger partial charge is 0.213 e. The molecule has 0 radical (unpaired) electrons. The highest BCUT2D eigenvalue weighted by molar-refractivity contribution is 5.85. The molecule has 134 valence electrons. The van der Waals surface area contributed by atoms with Crippen molar-refractivity contribution in [2.45, 2.75) is 31.9 Å². The van der Waals surface area contributed by atoms with Gasteiger partial charge < -0.3 is 9.30 Å². The number of rotatable bonds is 3. The lowest BCUT2D eigenvalue weighted by Crippen LogP contribution is -2.58. The van der Waals surface area contributed by atoms with Crippen LogP contribution in [0.15, 0.2) is 48.8 Å². The zero-order valence-corrected chi connectivity index (χ0v) is 15.4. The fourth-order valence-electron chi connectivity index (χ4n) is 4.67. The Morgan fingerprint density at radius 2 is 1.85 bits per heavy atom. The summed E-state index contributed by atoms with van der Waals surface area (Å²) in [6.45, 7) is 4.74. The summed E-state index contributed by atoms with van der Waals surface area (Å²) in [4.78, 5) is 7.16. The van der Waals surface area contributed by atoms with Gasteiger partial charge in [0.15, 0.2) is 0 Å². The minimum absolute atomic E-state index is 0.275. The summed E-state index contributed by atoms with van der Waals surface area (Å²) in [5.41, 5.74) is 3.57. The lowest BCUT2D eigenvalue weighted by Gasteiger charge is -2.49. The molecule has 2 bridgehead atoms. The van der Waals surface area contributed by atoms with Crippen molar-refractivity contribution in [1.29, 1.82) is 0 Å². The molecule has 3 aliphatic heterocycles. The topological polar surface area (TPSA) is 30.3 Å². The summed E-state index contributed by atoms with van der Waals surface area (Å²) in [6, 6.07) is 13.3. The fourth-order valence-corrected chi connectivity index (χ4v) is 4.67. The van der Waals surface area contributed by atoms with Crippen molar-refractivity contribution in [2.75, 3.05) is 13.1 Å². The highest BCUT2D eigenvalue weighted by Gasteiger charge is 2.41. The third kappa shape index (κ3) is 2.60. The third-order valence-corrected chi connectivity index (χ3v) is 6.30. The average molecular weight is 347 g/mol. The number of fused-ring (bicyclic) bond motifs is 4. The van der Waals surface area contributed by atoms with Crippen LogP contribution in [0.1, 0.15) is 19.8 Å². The fraction of sp³-hybridized carbons (Fsp3) is 0.409. The SMILES string of the molecule is C[C@H]1[C@H](Oc2ccc(-c3ccc4c(ccn4C)c3)cn2)C2CCN1CC2. The molecule has 2 aromatic heterocycles. The zero-order chi connectivity index (χ0) is 17.7. The van der Waals surface area contributed by atoms with Crippen LogP contribution in [0, 0.1) is 5.92 Å². The van der Waals surface area contributed by atoms with Crippen molar-refractivity contribution in [1.82, 2.24) is 14.5 Å². The Morgan fingerprint density at radius 3 is 2.58 bits per heavy atom. The Labute approximate surface area is 154 Å². The van der Waals surface area contributed by atoms with Crippen molar-refractivity contribution in [2.24, 2.45) is 13.0 Å². The van der Waals surface area contributed by atoms with Crippen LogP contribution in [0.2, 0.25) is 0 Å². The molecular weight excluding hydrogens is 322 g/mol. The monoisotopic (exact) mass is 347 g/mol. The van der Waals surface area contributed by atoms with Gasteiger partial charge in [-0.25, -0.2) is 4.98 Å². The van der Waals surface area contributed by atoms with E-state index in [1.54, 1.807) is 0 Å². The number of pyridine rings is 1. The first-order chi connectivity index (χ1) is 12.7. The Hall–Kier alpha value is -2.33. The number of piperidine rings is 3. The number of nitrogens with zero attached hydrogens (tertiary/aromatic N) is 3. The number of aromatic nitrogens is 2. The molecule has 5 heterocycles. The molecule has 26 heavy (non-hydrogen) atoms. The molecule has 0 N–H and O–H groups in total. The molecule has 4 nitrogen and oxygen atoms in total. The van der Waals surface area contributed by atoms with E-state index in [1.165, 1.54) is 42.4 Å². The molecular formula is C22H25N3O. The second-order valence-corrected chi connectivity index (χ2v) is 7.78. The van der Waals surface area contributed by atoms with Gasteiger partial charge in [0.2, 0.25) is 5.88 Å². The summed E-state index contributed by atoms with van der Waals surface area (Å²) < 4.78 is 8.45. The molecule has 0 aliphatic carbocycles. The van der Waals surface area contributed by atoms with Gasteiger partial charge in [-0.1, -0.05) is 6.07 Å². The van der Waals surface area contributed by atoms with Crippen LogP contribution in [0.5, 0.6) is 5.88 Å². The van der Waals surface area contributed by atoms with Gasteiger partial charge in [-0.3, -0.25) is 4.90 Å². The predicted octanol–water partition coefficient (Wildman–Crippen LogP) is 4.10. The van der Waals surface area contributed by atoms with Gasteiger partial charge in [0.1, 0.15) is 6.10 Å². The van der Waals surface area contributed by atoms with Crippen LogP contribution >= 0.6 is 0 Å². The summed E-state index contributed by atoms with van der Waals surface area (Å²) >= 11 is 0. The average Bonchev–Trinajstić information content (AvgIpc) is 3.06. The number of benzene rings is 1. The first kappa shape index (κ1) is 15.9. The second kappa shape index (κ2) is 6.13. The molecule has 0 amide bonds. The minimum Gasteiger partial charge on any atom is -0.472 e. The summed E-state index contributed by atoms with van der Waals surface area (Å²) in [6.07, 6.45) is 6.81. The lowest BCUT2D eigenvalue weighted by molar-refractivity contribution is -0.0525. The van der Waals surface area contributed by atoms with E-state index in [9.17, 15) is 0 Å². The molecule has 0 unspecified atom stereocenters. The Kier molecular flexibility index (Phi) is 3.75. The van der Waals surface area contributed by atoms with Gasteiger partial charge in [-0.2, -0.15) is 0 Å². The number of ether oxygens (including phenoxy) is 1. The van der Waals surface area contributed by atoms with E-state index >= 15 is 0 Å². The van der Waals surface area contributed by atoms with E-state index in [4.69, 9.17) is 4.74 Å². The van der Waals surface area contributed by atoms with Crippen molar-refractivity contribution in [3.63, 3.8) is 0 Å². The Balaban J connectivity index is 1.36. The first-order valence-electron chi connectivity index (χ1n) is 9.61. The van der Waals surface area contributed by atoms with Gasteiger partial charge in [-0.15, -0.1) is 0 Å². The molecule has 6 rings (SSSR count). The normalized spacial score (nSPS) is 27.8. The predicted molar refractivity (Wildman–Crippen MR) is 104 cm³/mol. The summed E-state index contributed by atoms with van der Waals surface area (Å²) in [5, 5.41) is 1.26. The molecule has 4 heteroatoms. The largest absolute Gasteiger partial charge is 0.472 e. The van der Waals surface area contributed by atoms with Gasteiger partial charge in [-0.05, 0) is 68.6 Å². The second-order valence-electron chi connectivity index (χ2n) is 7.78. The van der Waals surface area contributed by atoms with E-state index in [-0.39, 0.29) is 6.10 Å². The molecule has 3 saturated heterocycles. The van der Waals surface area contributed by atoms with Crippen molar-refractivity contribution >= 4 is 10.9 Å². The van der Waals surface area contributed by atoms with Crippen LogP contribution in [0.25, 0.3) is 22.0 Å². The number of hydrogen-bond acceptors (Lipinski definition) is 3. The standard InChI is InChI=1S/C22H25N3O/c1-15-22(16-8-11-25(15)12-9-16)26-21-6-4-19(14-23-21)17-3-5-20-18(13-17)7-10-24(20)2/h3-7,10,13-16,22H,8-9,11-12H2,1-2H3/t15-,22-/m0/s1. The van der Waals surface area contributed by atoms with Crippen LogP contribution in [-0.2, 0) is 7.05 Å². The lowest BCUT2D eigenvalue weighted by atomic mass is 9.81. The van der Waals surface area contributed by atoms with Crippen LogP contribution in [-0.4, -0.2) is 39.7 Å². The molecule has 0 saturated carbocycles. The van der Waals surface area contributed by atoms with Crippen molar-refractivity contribution in [3.05, 3.63) is 48.8 Å². The summed E-state index contributed by atoms with van der Waals surface area (Å²) in [7, 11) is 2.07. The molecule has 0 spiro atoms. The molecule has 3 aliphatic rings. The van der Waals surface area contributed by atoms with E-state index in [1.807, 2.05) is 12.3 Å². The maximum Gasteiger partial charge on any atom is 0.213 e. The van der Waals surface area contributed by atoms with E-state index in [2.05, 4.69) is 65.0 Å². The van der Waals surface area contributed by atoms with Crippen molar-refractivity contribution in [3.8, 4) is 17.0 Å². The van der Waals surface area contributed by atoms with Gasteiger partial charge in [0.05, 0.1) is 0 Å². The van der Waals surface area contributed by atoms with Crippen molar-refractivity contribution < 1.29 is 4.74 Å². The number of aryl methyl sites for hydroxylation is 1. The molecule has 2 atom stereocenters. The number of hydrogen-bond donors (Lipinski definition) is 0. The zero-order valence-electron chi connectivity index (χ0n) is 15.4. The van der Waals surface area contributed by atoms with Gasteiger partial charge in [0, 0.05) is 48.0 Å². The molecule has 1 aromatic carbocycles. The summed E-state index contributed by atoms with van der Waals surface area (Å²) in [5.74, 6) is 1.43. The maximum absolute atomic E-state index is 6.31. The maximum atomic E-state index is 6.31. The molecule has 3 fully saturated rings. The Bertz CT molecular complexity index is 920. The Morgan fingerprint density at radius 1 is 1.04 bits per heavy atom. The van der Waals surface area contributed by atoms with E-state index in [0.29, 0.717) is 12.0 Å². The highest BCUT2D eigenvalue weighted by atomic mass is 16.5. The van der Waals surface area contributed by atoms with E-state index in [0.717, 1.165) is 11.4 Å². The minimum atomic E-state index is 0.275. The molecule has 3 aromatic rings. The van der Waals surface area contributed by atoms with Crippen LogP contribution in [0.3, 0.4) is 0 Å². The first-order valence-corrected chi connectivity index (χ1v) is 9.61. The highest BCUT2D eigenvalue weighted by Crippen LogP contribution is 2.35. The van der Waals surface area contributed by atoms with Gasteiger partial charge >= 0.3 is 0 Å². The third-order valence-electron chi connectivity index (χ3n) is 6.30. The quantitative estimate of drug-likeness (QED) is 0.714. The van der Waals surface area contributed by atoms with Gasteiger partial charge in [0.25, 0.3) is 0 Å². The van der Waals surface area contributed by atoms with Crippen LogP contribution in [0.4, 0.5) is 0 Å².